The van der Waals surface area contributed by atoms with Gasteiger partial charge in [0.05, 0.1) is 6.07 Å². The minimum Gasteiger partial charge on any atom is -0.283 e. The molecule has 0 bridgehead atoms. The van der Waals surface area contributed by atoms with Crippen LogP contribution in [0.25, 0.3) is 11.1 Å². The third kappa shape index (κ3) is 3.57. The average Bonchev–Trinajstić information content (AvgIpc) is 2.40. The molecule has 0 fully saturated rings. The summed E-state index contributed by atoms with van der Waals surface area (Å²) in [6.07, 6.45) is 0. The van der Waals surface area contributed by atoms with Crippen LogP contribution in [-0.2, 0) is 10.0 Å². The third-order valence-corrected chi connectivity index (χ3v) is 3.58. The molecule has 4 nitrogen and oxygen atoms in total. The molecule has 0 aliphatic heterocycles. The number of nitrogens with zero attached hydrogens (tertiary/aromatic N) is 1. The van der Waals surface area contributed by atoms with Gasteiger partial charge in [-0.15, -0.1) is 0 Å². The Morgan fingerprint density at radius 1 is 0.947 bits per heavy atom. The Bertz CT molecular complexity index is 686. The summed E-state index contributed by atoms with van der Waals surface area (Å²) in [5, 5.41) is 8.40. The summed E-state index contributed by atoms with van der Waals surface area (Å²) in [6.45, 7) is 0. The van der Waals surface area contributed by atoms with Crippen molar-refractivity contribution in [1.82, 2.24) is 0 Å². The van der Waals surface area contributed by atoms with Gasteiger partial charge in [0.2, 0.25) is 10.0 Å². The monoisotopic (exact) mass is 272 g/mol. The highest BCUT2D eigenvalue weighted by Crippen LogP contribution is 2.21. The van der Waals surface area contributed by atoms with E-state index in [1.54, 1.807) is 18.2 Å². The fourth-order valence-electron chi connectivity index (χ4n) is 1.66. The van der Waals surface area contributed by atoms with Crippen molar-refractivity contribution < 1.29 is 8.42 Å². The zero-order valence-electron chi connectivity index (χ0n) is 10.1. The van der Waals surface area contributed by atoms with E-state index in [2.05, 4.69) is 4.72 Å². The minimum atomic E-state index is -3.57. The quantitative estimate of drug-likeness (QED) is 0.930. The molecule has 96 valence electrons. The predicted octanol–water partition coefficient (Wildman–Crippen LogP) is 2.62. The first kappa shape index (κ1) is 13.1. The van der Waals surface area contributed by atoms with E-state index in [0.717, 1.165) is 11.1 Å². The van der Waals surface area contributed by atoms with Crippen LogP contribution < -0.4 is 4.72 Å². The van der Waals surface area contributed by atoms with Gasteiger partial charge in [0.1, 0.15) is 0 Å². The van der Waals surface area contributed by atoms with Gasteiger partial charge in [-0.25, -0.2) is 8.42 Å². The molecule has 19 heavy (non-hydrogen) atoms. The maximum absolute atomic E-state index is 11.4. The third-order valence-electron chi connectivity index (χ3n) is 2.52. The van der Waals surface area contributed by atoms with Gasteiger partial charge in [0.15, 0.2) is 5.75 Å². The van der Waals surface area contributed by atoms with Gasteiger partial charge in [0, 0.05) is 5.69 Å². The van der Waals surface area contributed by atoms with Gasteiger partial charge in [-0.05, 0) is 23.3 Å². The van der Waals surface area contributed by atoms with Crippen LogP contribution in [0, 0.1) is 11.3 Å². The van der Waals surface area contributed by atoms with Crippen molar-refractivity contribution in [3.05, 3.63) is 54.6 Å². The Balaban J connectivity index is 2.18. The van der Waals surface area contributed by atoms with Gasteiger partial charge < -0.3 is 0 Å². The molecule has 1 N–H and O–H groups in total. The fraction of sp³-hybridized carbons (Fsp3) is 0.0714. The van der Waals surface area contributed by atoms with Crippen molar-refractivity contribution in [2.75, 3.05) is 10.5 Å². The molecule has 0 aliphatic rings. The zero-order valence-corrected chi connectivity index (χ0v) is 10.9. The molecule has 0 unspecified atom stereocenters. The molecule has 5 heteroatoms. The number of hydrogen-bond donors (Lipinski definition) is 1. The number of hydrogen-bond acceptors (Lipinski definition) is 3. The molecule has 0 atom stereocenters. The molecule has 0 spiro atoms. The number of anilines is 1. The smallest absolute Gasteiger partial charge is 0.246 e. The molecule has 2 aromatic carbocycles. The molecule has 0 saturated heterocycles. The Hall–Kier alpha value is -2.32. The van der Waals surface area contributed by atoms with E-state index < -0.39 is 15.8 Å². The second-order valence-electron chi connectivity index (χ2n) is 3.96. The van der Waals surface area contributed by atoms with Gasteiger partial charge >= 0.3 is 0 Å². The van der Waals surface area contributed by atoms with Crippen molar-refractivity contribution in [3.63, 3.8) is 0 Å². The van der Waals surface area contributed by atoms with Crippen molar-refractivity contribution >= 4 is 15.7 Å². The van der Waals surface area contributed by atoms with Crippen LogP contribution in [0.5, 0.6) is 0 Å². The van der Waals surface area contributed by atoms with Crippen LogP contribution in [0.4, 0.5) is 5.69 Å². The molecule has 2 aromatic rings. The van der Waals surface area contributed by atoms with E-state index in [1.165, 1.54) is 0 Å². The second-order valence-corrected chi connectivity index (χ2v) is 5.68. The lowest BCUT2D eigenvalue weighted by Crippen LogP contribution is -2.15. The first-order chi connectivity index (χ1) is 9.11. The van der Waals surface area contributed by atoms with Crippen molar-refractivity contribution in [1.29, 1.82) is 5.26 Å². The Morgan fingerprint density at radius 2 is 1.53 bits per heavy atom. The normalized spacial score (nSPS) is 10.7. The largest absolute Gasteiger partial charge is 0.283 e. The van der Waals surface area contributed by atoms with Gasteiger partial charge in [-0.1, -0.05) is 42.5 Å². The maximum Gasteiger partial charge on any atom is 0.246 e. The second kappa shape index (κ2) is 5.55. The molecule has 0 amide bonds. The standard InChI is InChI=1S/C14H12N2O2S/c15-10-11-19(17,18)16-14-8-6-13(7-9-14)12-4-2-1-3-5-12/h1-9,16H,11H2. The number of nitriles is 1. The van der Waals surface area contributed by atoms with Gasteiger partial charge in [-0.2, -0.15) is 5.26 Å². The predicted molar refractivity (Wildman–Crippen MR) is 74.9 cm³/mol. The van der Waals surface area contributed by atoms with Crippen LogP contribution in [0.15, 0.2) is 54.6 Å². The van der Waals surface area contributed by atoms with Crippen molar-refractivity contribution in [2.45, 2.75) is 0 Å². The average molecular weight is 272 g/mol. The van der Waals surface area contributed by atoms with E-state index in [4.69, 9.17) is 5.26 Å². The summed E-state index contributed by atoms with van der Waals surface area (Å²) >= 11 is 0. The maximum atomic E-state index is 11.4. The molecule has 0 aliphatic carbocycles. The summed E-state index contributed by atoms with van der Waals surface area (Å²) < 4.78 is 25.2. The summed E-state index contributed by atoms with van der Waals surface area (Å²) in [4.78, 5) is 0. The van der Waals surface area contributed by atoms with E-state index in [1.807, 2.05) is 42.5 Å². The van der Waals surface area contributed by atoms with Crippen molar-refractivity contribution in [3.8, 4) is 17.2 Å². The molecule has 0 heterocycles. The highest BCUT2D eigenvalue weighted by molar-refractivity contribution is 7.92. The topological polar surface area (TPSA) is 70.0 Å². The molecule has 0 radical (unpaired) electrons. The molecule has 2 rings (SSSR count). The minimum absolute atomic E-state index is 0.454. The lowest BCUT2D eigenvalue weighted by Gasteiger charge is -2.06. The van der Waals surface area contributed by atoms with Gasteiger partial charge in [0.25, 0.3) is 0 Å². The molecular weight excluding hydrogens is 260 g/mol. The number of rotatable bonds is 4. The van der Waals surface area contributed by atoms with Crippen LogP contribution in [0.3, 0.4) is 0 Å². The first-order valence-electron chi connectivity index (χ1n) is 5.64. The highest BCUT2D eigenvalue weighted by Gasteiger charge is 2.09. The van der Waals surface area contributed by atoms with Gasteiger partial charge in [-0.3, -0.25) is 4.72 Å². The highest BCUT2D eigenvalue weighted by atomic mass is 32.2. The van der Waals surface area contributed by atoms with Crippen molar-refractivity contribution in [2.24, 2.45) is 0 Å². The fourth-order valence-corrected chi connectivity index (χ4v) is 2.40. The Morgan fingerprint density at radius 3 is 2.11 bits per heavy atom. The summed E-state index contributed by atoms with van der Waals surface area (Å²) in [6, 6.07) is 18.4. The van der Waals surface area contributed by atoms with E-state index in [0.29, 0.717) is 5.69 Å². The number of benzene rings is 2. The summed E-state index contributed by atoms with van der Waals surface area (Å²) in [5.41, 5.74) is 2.52. The van der Waals surface area contributed by atoms with E-state index in [9.17, 15) is 8.42 Å². The van der Waals surface area contributed by atoms with Crippen LogP contribution in [0.1, 0.15) is 0 Å². The van der Waals surface area contributed by atoms with Crippen LogP contribution in [0.2, 0.25) is 0 Å². The Kier molecular flexibility index (Phi) is 3.83. The Labute approximate surface area is 112 Å². The lowest BCUT2D eigenvalue weighted by atomic mass is 10.1. The van der Waals surface area contributed by atoms with E-state index in [-0.39, 0.29) is 0 Å². The first-order valence-corrected chi connectivity index (χ1v) is 7.29. The molecular formula is C14H12N2O2S. The summed E-state index contributed by atoms with van der Waals surface area (Å²) in [7, 11) is -3.57. The summed E-state index contributed by atoms with van der Waals surface area (Å²) in [5.74, 6) is -0.548. The van der Waals surface area contributed by atoms with Crippen LogP contribution in [-0.4, -0.2) is 14.2 Å². The number of nitrogens with one attached hydrogen (secondary N) is 1. The van der Waals surface area contributed by atoms with E-state index >= 15 is 0 Å². The lowest BCUT2D eigenvalue weighted by molar-refractivity contribution is 0.604. The molecule has 0 aromatic heterocycles. The SMILES string of the molecule is N#CCS(=O)(=O)Nc1ccc(-c2ccccc2)cc1. The zero-order chi connectivity index (χ0) is 13.7. The van der Waals surface area contributed by atoms with Crippen LogP contribution >= 0.6 is 0 Å². The molecule has 0 saturated carbocycles. The number of sulfonamides is 1.